The molecule has 0 aliphatic rings. The zero-order valence-electron chi connectivity index (χ0n) is 14.8. The number of carboxylic acids is 1. The minimum atomic E-state index is -1.05. The smallest absolute Gasteiger partial charge is 0.326 e. The maximum atomic E-state index is 13.1. The first-order chi connectivity index (χ1) is 13.1. The summed E-state index contributed by atoms with van der Waals surface area (Å²) in [4.78, 5) is 24.8. The lowest BCUT2D eigenvalue weighted by molar-refractivity contribution is -0.141. The summed E-state index contributed by atoms with van der Waals surface area (Å²) in [5.41, 5.74) is 2.51. The summed E-state index contributed by atoms with van der Waals surface area (Å²) in [5, 5.41) is 12.3. The molecule has 2 N–H and O–H groups in total. The van der Waals surface area contributed by atoms with E-state index < -0.39 is 17.9 Å². The largest absolute Gasteiger partial charge is 0.480 e. The molecule has 4 nitrogen and oxygen atoms in total. The summed E-state index contributed by atoms with van der Waals surface area (Å²) < 4.78 is 0. The lowest BCUT2D eigenvalue weighted by atomic mass is 9.90. The molecule has 136 valence electrons. The second-order valence-electron chi connectivity index (χ2n) is 6.34. The molecule has 27 heavy (non-hydrogen) atoms. The van der Waals surface area contributed by atoms with Crippen molar-refractivity contribution in [1.82, 2.24) is 5.32 Å². The van der Waals surface area contributed by atoms with E-state index in [-0.39, 0.29) is 12.3 Å². The number of amides is 1. The lowest BCUT2D eigenvalue weighted by Gasteiger charge is -2.21. The van der Waals surface area contributed by atoms with Gasteiger partial charge < -0.3 is 10.4 Å². The fourth-order valence-corrected chi connectivity index (χ4v) is 3.09. The molecule has 0 aliphatic carbocycles. The van der Waals surface area contributed by atoms with E-state index >= 15 is 0 Å². The Morgan fingerprint density at radius 3 is 1.63 bits per heavy atom. The predicted molar refractivity (Wildman–Crippen MR) is 104 cm³/mol. The highest BCUT2D eigenvalue weighted by molar-refractivity contribution is 5.90. The van der Waals surface area contributed by atoms with E-state index in [2.05, 4.69) is 5.32 Å². The van der Waals surface area contributed by atoms with Gasteiger partial charge in [-0.1, -0.05) is 91.0 Å². The van der Waals surface area contributed by atoms with Crippen LogP contribution in [0.15, 0.2) is 91.0 Å². The molecular weight excluding hydrogens is 338 g/mol. The zero-order valence-corrected chi connectivity index (χ0v) is 14.8. The van der Waals surface area contributed by atoms with E-state index in [1.807, 2.05) is 91.0 Å². The van der Waals surface area contributed by atoms with Crippen molar-refractivity contribution in [2.75, 3.05) is 0 Å². The number of rotatable bonds is 7. The van der Waals surface area contributed by atoms with Gasteiger partial charge in [-0.2, -0.15) is 0 Å². The van der Waals surface area contributed by atoms with E-state index in [1.54, 1.807) is 0 Å². The molecule has 0 saturated heterocycles. The Morgan fingerprint density at radius 2 is 1.19 bits per heavy atom. The molecule has 0 bridgehead atoms. The van der Waals surface area contributed by atoms with Crippen LogP contribution in [0.3, 0.4) is 0 Å². The van der Waals surface area contributed by atoms with E-state index in [4.69, 9.17) is 0 Å². The van der Waals surface area contributed by atoms with Crippen LogP contribution >= 0.6 is 0 Å². The number of benzene rings is 3. The lowest BCUT2D eigenvalue weighted by Crippen LogP contribution is -2.44. The van der Waals surface area contributed by atoms with Crippen molar-refractivity contribution in [2.24, 2.45) is 0 Å². The minimum Gasteiger partial charge on any atom is -0.480 e. The zero-order chi connectivity index (χ0) is 19.1. The number of hydrogen-bond donors (Lipinski definition) is 2. The molecule has 0 spiro atoms. The third-order valence-electron chi connectivity index (χ3n) is 4.43. The first-order valence-electron chi connectivity index (χ1n) is 8.82. The maximum absolute atomic E-state index is 13.1. The molecule has 3 aromatic rings. The molecule has 3 rings (SSSR count). The van der Waals surface area contributed by atoms with Crippen LogP contribution in [0.5, 0.6) is 0 Å². The fraction of sp³-hybridized carbons (Fsp3) is 0.130. The van der Waals surface area contributed by atoms with Crippen molar-refractivity contribution in [3.05, 3.63) is 108 Å². The van der Waals surface area contributed by atoms with Crippen LogP contribution < -0.4 is 5.32 Å². The third kappa shape index (κ3) is 4.82. The molecule has 0 aromatic heterocycles. The molecule has 3 aromatic carbocycles. The van der Waals surface area contributed by atoms with Gasteiger partial charge >= 0.3 is 5.97 Å². The molecule has 0 heterocycles. The Balaban J connectivity index is 1.86. The molecule has 0 fully saturated rings. The molecule has 1 amide bonds. The summed E-state index contributed by atoms with van der Waals surface area (Å²) in [7, 11) is 0. The summed E-state index contributed by atoms with van der Waals surface area (Å²) in [5.74, 6) is -1.94. The molecule has 0 unspecified atom stereocenters. The van der Waals surface area contributed by atoms with E-state index in [0.717, 1.165) is 16.7 Å². The molecular formula is C23H21NO3. The standard InChI is InChI=1S/C23H21NO3/c25-22(24-20(23(26)27)16-17-10-4-1-5-11-17)21(18-12-6-2-7-13-18)19-14-8-3-9-15-19/h1-15,20-21H,16H2,(H,24,25)(H,26,27)/t20-/m0/s1. The van der Waals surface area contributed by atoms with Gasteiger partial charge in [0.2, 0.25) is 5.91 Å². The number of nitrogens with one attached hydrogen (secondary N) is 1. The quantitative estimate of drug-likeness (QED) is 0.677. The van der Waals surface area contributed by atoms with Crippen molar-refractivity contribution < 1.29 is 14.7 Å². The van der Waals surface area contributed by atoms with Crippen molar-refractivity contribution in [2.45, 2.75) is 18.4 Å². The van der Waals surface area contributed by atoms with E-state index in [0.29, 0.717) is 0 Å². The SMILES string of the molecule is O=C(N[C@@H](Cc1ccccc1)C(=O)O)C(c1ccccc1)c1ccccc1. The van der Waals surface area contributed by atoms with Crippen molar-refractivity contribution in [3.63, 3.8) is 0 Å². The molecule has 1 atom stereocenters. The topological polar surface area (TPSA) is 66.4 Å². The second kappa shape index (κ2) is 8.81. The van der Waals surface area contributed by atoms with Crippen molar-refractivity contribution in [1.29, 1.82) is 0 Å². The van der Waals surface area contributed by atoms with Crippen LogP contribution in [0.1, 0.15) is 22.6 Å². The molecule has 0 aliphatic heterocycles. The Morgan fingerprint density at radius 1 is 0.741 bits per heavy atom. The van der Waals surface area contributed by atoms with E-state index in [1.165, 1.54) is 0 Å². The summed E-state index contributed by atoms with van der Waals surface area (Å²) >= 11 is 0. The highest BCUT2D eigenvalue weighted by atomic mass is 16.4. The van der Waals surface area contributed by atoms with Gasteiger partial charge in [-0.25, -0.2) is 4.79 Å². The Labute approximate surface area is 158 Å². The van der Waals surface area contributed by atoms with Crippen LogP contribution in [-0.4, -0.2) is 23.0 Å². The summed E-state index contributed by atoms with van der Waals surface area (Å²) in [6.45, 7) is 0. The van der Waals surface area contributed by atoms with Crippen LogP contribution in [0, 0.1) is 0 Å². The van der Waals surface area contributed by atoms with Gasteiger partial charge in [-0.05, 0) is 16.7 Å². The highest BCUT2D eigenvalue weighted by Gasteiger charge is 2.27. The van der Waals surface area contributed by atoms with Crippen LogP contribution in [-0.2, 0) is 16.0 Å². The minimum absolute atomic E-state index is 0.234. The van der Waals surface area contributed by atoms with Crippen molar-refractivity contribution >= 4 is 11.9 Å². The van der Waals surface area contributed by atoms with Gasteiger partial charge in [0.05, 0.1) is 5.92 Å². The second-order valence-corrected chi connectivity index (χ2v) is 6.34. The summed E-state index contributed by atoms with van der Waals surface area (Å²) in [6, 6.07) is 27.1. The highest BCUT2D eigenvalue weighted by Crippen LogP contribution is 2.25. The van der Waals surface area contributed by atoms with Gasteiger partial charge in [0, 0.05) is 6.42 Å². The molecule has 4 heteroatoms. The first kappa shape index (κ1) is 18.4. The molecule has 0 radical (unpaired) electrons. The molecule has 0 saturated carbocycles. The number of carboxylic acid groups (broad SMARTS) is 1. The number of carbonyl (C=O) groups excluding carboxylic acids is 1. The number of carbonyl (C=O) groups is 2. The first-order valence-corrected chi connectivity index (χ1v) is 8.82. The van der Waals surface area contributed by atoms with Crippen LogP contribution in [0.4, 0.5) is 0 Å². The number of hydrogen-bond acceptors (Lipinski definition) is 2. The Bertz CT molecular complexity index is 840. The van der Waals surface area contributed by atoms with Gasteiger partial charge in [-0.3, -0.25) is 4.79 Å². The van der Waals surface area contributed by atoms with Gasteiger partial charge in [0.15, 0.2) is 0 Å². The third-order valence-corrected chi connectivity index (χ3v) is 4.43. The van der Waals surface area contributed by atoms with Crippen LogP contribution in [0.2, 0.25) is 0 Å². The Kier molecular flexibility index (Phi) is 6.00. The maximum Gasteiger partial charge on any atom is 0.326 e. The summed E-state index contributed by atoms with van der Waals surface area (Å²) in [6.07, 6.45) is 0.234. The van der Waals surface area contributed by atoms with Gasteiger partial charge in [-0.15, -0.1) is 0 Å². The van der Waals surface area contributed by atoms with E-state index in [9.17, 15) is 14.7 Å². The van der Waals surface area contributed by atoms with Crippen molar-refractivity contribution in [3.8, 4) is 0 Å². The average Bonchev–Trinajstić information content (AvgIpc) is 2.70. The van der Waals surface area contributed by atoms with Crippen LogP contribution in [0.25, 0.3) is 0 Å². The normalized spacial score (nSPS) is 11.7. The number of aliphatic carboxylic acids is 1. The average molecular weight is 359 g/mol. The predicted octanol–water partition coefficient (Wildman–Crippen LogP) is 3.63. The Hall–Kier alpha value is -3.40. The van der Waals surface area contributed by atoms with Gasteiger partial charge in [0.25, 0.3) is 0 Å². The fourth-order valence-electron chi connectivity index (χ4n) is 3.09. The van der Waals surface area contributed by atoms with Gasteiger partial charge in [0.1, 0.15) is 6.04 Å². The monoisotopic (exact) mass is 359 g/mol.